The predicted molar refractivity (Wildman–Crippen MR) is 268 cm³/mol. The van der Waals surface area contributed by atoms with Crippen LogP contribution in [0.4, 0.5) is 0 Å². The number of carbonyl (C=O) groups is 1. The van der Waals surface area contributed by atoms with Crippen LogP contribution in [0.1, 0.15) is 303 Å². The second-order valence-electron chi connectivity index (χ2n) is 19.2. The molecule has 0 aliphatic heterocycles. The summed E-state index contributed by atoms with van der Waals surface area (Å²) in [6.45, 7) is 4.25. The molecule has 0 heterocycles. The standard InChI is InChI=1S/C56H109NO4/c1-3-5-7-9-11-13-15-17-19-21-23-25-26-27-28-30-31-33-35-37-39-41-43-45-47-49-53(59)51-56(61)57-54(52-58)55(60)50-48-46-44-42-40-38-36-34-32-29-24-22-20-18-16-14-12-10-8-6-4-2/h27-28,48,50,53-55,58-60H,3-26,29-47,49,51-52H2,1-2H3,(H,57,61)/b28-27-,50-48+. The first-order valence-corrected chi connectivity index (χ1v) is 27.6. The number of unbranched alkanes of at least 4 members (excludes halogenated alkanes) is 40. The average Bonchev–Trinajstić information content (AvgIpc) is 3.25. The van der Waals surface area contributed by atoms with Gasteiger partial charge in [0.05, 0.1) is 31.3 Å². The third-order valence-corrected chi connectivity index (χ3v) is 13.0. The highest BCUT2D eigenvalue weighted by molar-refractivity contribution is 5.76. The van der Waals surface area contributed by atoms with Crippen molar-refractivity contribution in [2.24, 2.45) is 0 Å². The molecule has 0 aromatic heterocycles. The summed E-state index contributed by atoms with van der Waals surface area (Å²) in [5, 5.41) is 33.5. The number of hydrogen-bond donors (Lipinski definition) is 4. The van der Waals surface area contributed by atoms with Gasteiger partial charge in [-0.2, -0.15) is 0 Å². The first-order chi connectivity index (χ1) is 30.0. The van der Waals surface area contributed by atoms with E-state index in [-0.39, 0.29) is 18.9 Å². The third kappa shape index (κ3) is 48.1. The molecular formula is C56H109NO4. The molecule has 0 aliphatic carbocycles. The highest BCUT2D eigenvalue weighted by Crippen LogP contribution is 2.17. The van der Waals surface area contributed by atoms with Crippen molar-refractivity contribution >= 4 is 5.91 Å². The Hall–Kier alpha value is -1.17. The lowest BCUT2D eigenvalue weighted by atomic mass is 10.0. The average molecular weight is 860 g/mol. The molecule has 5 nitrogen and oxygen atoms in total. The zero-order chi connectivity index (χ0) is 44.4. The molecule has 0 saturated heterocycles. The highest BCUT2D eigenvalue weighted by Gasteiger charge is 2.20. The van der Waals surface area contributed by atoms with Crippen molar-refractivity contribution in [3.63, 3.8) is 0 Å². The van der Waals surface area contributed by atoms with Gasteiger partial charge in [0.25, 0.3) is 0 Å². The van der Waals surface area contributed by atoms with E-state index in [0.717, 1.165) is 25.7 Å². The van der Waals surface area contributed by atoms with Crippen LogP contribution in [-0.2, 0) is 4.79 Å². The molecule has 0 bridgehead atoms. The number of hydrogen-bond acceptors (Lipinski definition) is 4. The largest absolute Gasteiger partial charge is 0.394 e. The molecule has 61 heavy (non-hydrogen) atoms. The van der Waals surface area contributed by atoms with Crippen molar-refractivity contribution < 1.29 is 20.1 Å². The van der Waals surface area contributed by atoms with Gasteiger partial charge >= 0.3 is 0 Å². The molecule has 5 heteroatoms. The molecule has 0 saturated carbocycles. The van der Waals surface area contributed by atoms with Crippen LogP contribution in [-0.4, -0.2) is 46.1 Å². The fourth-order valence-electron chi connectivity index (χ4n) is 8.75. The fraction of sp³-hybridized carbons (Fsp3) is 0.911. The molecule has 1 amide bonds. The number of rotatable bonds is 51. The van der Waals surface area contributed by atoms with Crippen molar-refractivity contribution in [1.82, 2.24) is 5.32 Å². The Bertz CT molecular complexity index is 905. The summed E-state index contributed by atoms with van der Waals surface area (Å²) in [5.41, 5.74) is 0. The Morgan fingerprint density at radius 1 is 0.410 bits per heavy atom. The van der Waals surface area contributed by atoms with Gasteiger partial charge < -0.3 is 20.6 Å². The quantitative estimate of drug-likeness (QED) is 0.0362. The Kier molecular flexibility index (Phi) is 50.5. The van der Waals surface area contributed by atoms with Crippen molar-refractivity contribution in [2.75, 3.05) is 6.61 Å². The maximum Gasteiger partial charge on any atom is 0.222 e. The fourth-order valence-corrected chi connectivity index (χ4v) is 8.75. The number of allylic oxidation sites excluding steroid dienone is 3. The molecule has 0 aliphatic rings. The molecule has 3 unspecified atom stereocenters. The van der Waals surface area contributed by atoms with E-state index in [4.69, 9.17) is 0 Å². The Morgan fingerprint density at radius 2 is 0.689 bits per heavy atom. The van der Waals surface area contributed by atoms with Crippen LogP contribution < -0.4 is 5.32 Å². The lowest BCUT2D eigenvalue weighted by molar-refractivity contribution is -0.124. The van der Waals surface area contributed by atoms with Gasteiger partial charge in [-0.05, 0) is 44.9 Å². The van der Waals surface area contributed by atoms with E-state index in [0.29, 0.717) is 6.42 Å². The van der Waals surface area contributed by atoms with Crippen molar-refractivity contribution in [1.29, 1.82) is 0 Å². The van der Waals surface area contributed by atoms with Gasteiger partial charge in [-0.25, -0.2) is 0 Å². The van der Waals surface area contributed by atoms with E-state index >= 15 is 0 Å². The van der Waals surface area contributed by atoms with Crippen LogP contribution in [0.3, 0.4) is 0 Å². The number of aliphatic hydroxyl groups excluding tert-OH is 3. The number of aliphatic hydroxyl groups is 3. The maximum absolute atomic E-state index is 12.5. The first kappa shape index (κ1) is 59.8. The van der Waals surface area contributed by atoms with E-state index in [1.54, 1.807) is 6.08 Å². The van der Waals surface area contributed by atoms with Crippen LogP contribution in [0.15, 0.2) is 24.3 Å². The topological polar surface area (TPSA) is 89.8 Å². The summed E-state index contributed by atoms with van der Waals surface area (Å²) in [4.78, 5) is 12.5. The molecule has 0 fully saturated rings. The molecule has 0 radical (unpaired) electrons. The van der Waals surface area contributed by atoms with E-state index in [1.807, 2.05) is 6.08 Å². The van der Waals surface area contributed by atoms with Gasteiger partial charge in [-0.3, -0.25) is 4.79 Å². The number of carbonyl (C=O) groups excluding carboxylic acids is 1. The predicted octanol–water partition coefficient (Wildman–Crippen LogP) is 16.9. The highest BCUT2D eigenvalue weighted by atomic mass is 16.3. The maximum atomic E-state index is 12.5. The lowest BCUT2D eigenvalue weighted by Gasteiger charge is -2.21. The second-order valence-corrected chi connectivity index (χ2v) is 19.2. The summed E-state index contributed by atoms with van der Waals surface area (Å²) >= 11 is 0. The molecule has 0 rings (SSSR count). The normalized spacial score (nSPS) is 13.5. The third-order valence-electron chi connectivity index (χ3n) is 13.0. The summed E-state index contributed by atoms with van der Waals surface area (Å²) in [7, 11) is 0. The lowest BCUT2D eigenvalue weighted by Crippen LogP contribution is -2.45. The second kappa shape index (κ2) is 51.5. The molecule has 362 valence electrons. The number of nitrogens with one attached hydrogen (secondary N) is 1. The van der Waals surface area contributed by atoms with Gasteiger partial charge in [0.15, 0.2) is 0 Å². The van der Waals surface area contributed by atoms with Gasteiger partial charge in [0.1, 0.15) is 0 Å². The summed E-state index contributed by atoms with van der Waals surface area (Å²) in [5.74, 6) is -0.312. The molecular weight excluding hydrogens is 751 g/mol. The van der Waals surface area contributed by atoms with Gasteiger partial charge in [-0.15, -0.1) is 0 Å². The van der Waals surface area contributed by atoms with E-state index in [9.17, 15) is 20.1 Å². The zero-order valence-corrected chi connectivity index (χ0v) is 41.3. The van der Waals surface area contributed by atoms with Crippen LogP contribution >= 0.6 is 0 Å². The van der Waals surface area contributed by atoms with Crippen LogP contribution in [0.5, 0.6) is 0 Å². The summed E-state index contributed by atoms with van der Waals surface area (Å²) in [6.07, 6.45) is 65.0. The van der Waals surface area contributed by atoms with Gasteiger partial charge in [-0.1, -0.05) is 276 Å². The molecule has 3 atom stereocenters. The summed E-state index contributed by atoms with van der Waals surface area (Å²) < 4.78 is 0. The van der Waals surface area contributed by atoms with Gasteiger partial charge in [0, 0.05) is 0 Å². The van der Waals surface area contributed by atoms with Crippen molar-refractivity contribution in [2.45, 2.75) is 321 Å². The molecule has 0 aromatic carbocycles. The van der Waals surface area contributed by atoms with Crippen molar-refractivity contribution in [3.8, 4) is 0 Å². The van der Waals surface area contributed by atoms with Crippen molar-refractivity contribution in [3.05, 3.63) is 24.3 Å². The summed E-state index contributed by atoms with van der Waals surface area (Å²) in [6, 6.07) is -0.744. The van der Waals surface area contributed by atoms with Crippen LogP contribution in [0.2, 0.25) is 0 Å². The zero-order valence-electron chi connectivity index (χ0n) is 41.3. The Labute approximate surface area is 382 Å². The Balaban J connectivity index is 3.57. The Morgan fingerprint density at radius 3 is 1.00 bits per heavy atom. The monoisotopic (exact) mass is 860 g/mol. The van der Waals surface area contributed by atoms with E-state index in [2.05, 4.69) is 31.3 Å². The first-order valence-electron chi connectivity index (χ1n) is 27.6. The smallest absolute Gasteiger partial charge is 0.222 e. The van der Waals surface area contributed by atoms with E-state index in [1.165, 1.54) is 250 Å². The van der Waals surface area contributed by atoms with Gasteiger partial charge in [0.2, 0.25) is 5.91 Å². The minimum Gasteiger partial charge on any atom is -0.394 e. The molecule has 4 N–H and O–H groups in total. The molecule has 0 aromatic rings. The van der Waals surface area contributed by atoms with Crippen LogP contribution in [0.25, 0.3) is 0 Å². The minimum absolute atomic E-state index is 0.0148. The van der Waals surface area contributed by atoms with E-state index < -0.39 is 18.2 Å². The molecule has 0 spiro atoms. The SMILES string of the molecule is CCCCCCCCCCCCCC/C=C\CCCCCCCCCCCC(O)CC(=O)NC(CO)C(O)/C=C/CCCCCCCCCCCCCCCCCCCCC. The van der Waals surface area contributed by atoms with Crippen LogP contribution in [0, 0.1) is 0 Å². The number of amides is 1. The minimum atomic E-state index is -0.929.